The van der Waals surface area contributed by atoms with Crippen LogP contribution in [0.3, 0.4) is 0 Å². The van der Waals surface area contributed by atoms with Crippen LogP contribution in [-0.4, -0.2) is 134 Å². The maximum absolute atomic E-state index is 11.0. The summed E-state index contributed by atoms with van der Waals surface area (Å²) in [7, 11) is 0. The summed E-state index contributed by atoms with van der Waals surface area (Å²) in [6.45, 7) is -1.12. The number of benzene rings is 2. The minimum absolute atomic E-state index is 0.000248. The number of nitrogens with zero attached hydrogens (tertiary/aromatic N) is 6. The Hall–Kier alpha value is -4.36. The van der Waals surface area contributed by atoms with E-state index in [2.05, 4.69) is 29.9 Å². The normalized spacial score (nSPS) is 30.6. The average molecular weight is 683 g/mol. The van der Waals surface area contributed by atoms with Crippen molar-refractivity contribution in [2.24, 2.45) is 11.8 Å². The van der Waals surface area contributed by atoms with E-state index in [-0.39, 0.29) is 46.3 Å². The van der Waals surface area contributed by atoms with E-state index in [0.717, 1.165) is 0 Å². The third-order valence-corrected chi connectivity index (χ3v) is 8.32. The third kappa shape index (κ3) is 6.66. The first kappa shape index (κ1) is 35.0. The second-order valence-electron chi connectivity index (χ2n) is 11.1. The van der Waals surface area contributed by atoms with Gasteiger partial charge in [-0.05, 0) is 56.7 Å². The molecule has 2 aromatic heterocycles. The van der Waals surface area contributed by atoms with Gasteiger partial charge in [-0.15, -0.1) is 0 Å². The molecule has 6 rings (SSSR count). The molecule has 2 aliphatic rings. The number of aliphatic hydroxyl groups is 8. The smallest absolute Gasteiger partial charge is 0.300 e. The molecule has 0 spiro atoms. The van der Waals surface area contributed by atoms with Gasteiger partial charge in [0, 0.05) is 24.0 Å². The van der Waals surface area contributed by atoms with Crippen LogP contribution in [0.5, 0.6) is 0 Å². The van der Waals surface area contributed by atoms with Crippen LogP contribution in [-0.2, 0) is 22.3 Å². The molecular formula is C26H30N6O16. The fourth-order valence-electron chi connectivity index (χ4n) is 5.69. The van der Waals surface area contributed by atoms with Gasteiger partial charge >= 0.3 is 11.4 Å². The predicted octanol–water partition coefficient (Wildman–Crippen LogP) is -2.56. The molecule has 0 saturated carbocycles. The zero-order valence-electron chi connectivity index (χ0n) is 24.4. The van der Waals surface area contributed by atoms with Gasteiger partial charge in [0.15, 0.2) is 12.6 Å². The van der Waals surface area contributed by atoms with Crippen molar-refractivity contribution >= 4 is 33.4 Å². The van der Waals surface area contributed by atoms with Crippen LogP contribution in [0.15, 0.2) is 33.5 Å². The first-order chi connectivity index (χ1) is 22.9. The highest BCUT2D eigenvalue weighted by Crippen LogP contribution is 2.34. The number of non-ortho nitro benzene ring substituents is 2. The van der Waals surface area contributed by atoms with Gasteiger partial charge in [0.25, 0.3) is 0 Å². The molecule has 48 heavy (non-hydrogen) atoms. The number of hydrogen-bond donors (Lipinski definition) is 8. The van der Waals surface area contributed by atoms with Crippen LogP contribution in [0.25, 0.3) is 22.1 Å². The van der Waals surface area contributed by atoms with Crippen LogP contribution >= 0.6 is 0 Å². The molecule has 0 bridgehead atoms. The van der Waals surface area contributed by atoms with E-state index in [9.17, 15) is 50.9 Å². The molecule has 0 amide bonds. The Balaban J connectivity index is 0.000000188. The number of hydrogen-bond acceptors (Lipinski definition) is 20. The summed E-state index contributed by atoms with van der Waals surface area (Å²) < 4.78 is 19.3. The highest BCUT2D eigenvalue weighted by Gasteiger charge is 2.45. The number of aromatic nitrogens is 4. The topological polar surface area (TPSA) is 344 Å². The number of ether oxygens (including phenoxy) is 2. The lowest BCUT2D eigenvalue weighted by Crippen LogP contribution is -2.56. The third-order valence-electron chi connectivity index (χ3n) is 8.32. The van der Waals surface area contributed by atoms with Crippen molar-refractivity contribution in [3.05, 3.63) is 55.6 Å². The van der Waals surface area contributed by atoms with Gasteiger partial charge in [0.05, 0.1) is 35.3 Å². The first-order valence-corrected chi connectivity index (χ1v) is 14.3. The molecule has 0 aliphatic carbocycles. The van der Waals surface area contributed by atoms with Gasteiger partial charge in [-0.25, -0.2) is 9.26 Å². The Morgan fingerprint density at radius 1 is 0.583 bits per heavy atom. The van der Waals surface area contributed by atoms with E-state index in [1.165, 1.54) is 24.3 Å². The molecular weight excluding hydrogens is 652 g/mol. The molecule has 0 radical (unpaired) electrons. The maximum atomic E-state index is 11.0. The molecule has 2 aromatic carbocycles. The lowest BCUT2D eigenvalue weighted by atomic mass is 9.86. The zero-order valence-corrected chi connectivity index (χ0v) is 24.4. The second kappa shape index (κ2) is 14.4. The molecule has 2 fully saturated rings. The Bertz CT molecular complexity index is 1630. The molecule has 4 heterocycles. The van der Waals surface area contributed by atoms with Crippen LogP contribution in [0, 0.1) is 32.1 Å². The number of aliphatic hydroxyl groups excluding tert-OH is 8. The van der Waals surface area contributed by atoms with Crippen molar-refractivity contribution in [3.63, 3.8) is 0 Å². The molecule has 22 nitrogen and oxygen atoms in total. The molecule has 10 atom stereocenters. The van der Waals surface area contributed by atoms with E-state index >= 15 is 0 Å². The monoisotopic (exact) mass is 682 g/mol. The summed E-state index contributed by atoms with van der Waals surface area (Å²) in [5.41, 5.74) is 0.452. The molecule has 4 aromatic rings. The number of nitro benzene ring substituents is 2. The number of fused-ring (bicyclic) bond motifs is 2. The van der Waals surface area contributed by atoms with Gasteiger partial charge in [-0.2, -0.15) is 0 Å². The van der Waals surface area contributed by atoms with E-state index < -0.39 is 84.1 Å². The van der Waals surface area contributed by atoms with Crippen molar-refractivity contribution in [1.29, 1.82) is 0 Å². The van der Waals surface area contributed by atoms with E-state index in [1.54, 1.807) is 0 Å². The van der Waals surface area contributed by atoms with E-state index in [0.29, 0.717) is 11.1 Å². The standard InChI is InChI=1S/2C13H15N3O8/c2*17-4-8-12(19)11(18)6(13(20)23-8)3-5-1-2-7(16(21)22)10-9(5)14-24-15-10/h2*1-2,6,8,11-13,17-20H,3-4H2/t6?,8?,11-,12+,13?;6-,8?,11?,12-,13+/m11/s1. The van der Waals surface area contributed by atoms with Crippen LogP contribution in [0.2, 0.25) is 0 Å². The van der Waals surface area contributed by atoms with Crippen molar-refractivity contribution in [2.75, 3.05) is 13.2 Å². The Labute approximate surface area is 266 Å². The van der Waals surface area contributed by atoms with Crippen molar-refractivity contribution < 1.29 is 69.4 Å². The van der Waals surface area contributed by atoms with Crippen molar-refractivity contribution in [1.82, 2.24) is 20.6 Å². The summed E-state index contributed by atoms with van der Waals surface area (Å²) in [5, 5.41) is 115. The average Bonchev–Trinajstić information content (AvgIpc) is 3.76. The summed E-state index contributed by atoms with van der Waals surface area (Å²) in [5.74, 6) is -1.85. The van der Waals surface area contributed by atoms with Crippen molar-refractivity contribution in [2.45, 2.75) is 62.0 Å². The van der Waals surface area contributed by atoms with Gasteiger partial charge in [0.1, 0.15) is 35.4 Å². The molecule has 22 heteroatoms. The van der Waals surface area contributed by atoms with Gasteiger partial charge in [0.2, 0.25) is 11.0 Å². The fraction of sp³-hybridized carbons (Fsp3) is 0.538. The summed E-state index contributed by atoms with van der Waals surface area (Å²) in [6, 6.07) is 5.26. The molecule has 2 aliphatic heterocycles. The maximum Gasteiger partial charge on any atom is 0.300 e. The minimum Gasteiger partial charge on any atom is -0.394 e. The quantitative estimate of drug-likeness (QED) is 0.0699. The van der Waals surface area contributed by atoms with E-state index in [1.807, 2.05) is 0 Å². The number of nitro groups is 2. The first-order valence-electron chi connectivity index (χ1n) is 14.3. The van der Waals surface area contributed by atoms with E-state index in [4.69, 9.17) is 19.7 Å². The molecule has 260 valence electrons. The van der Waals surface area contributed by atoms with Crippen molar-refractivity contribution in [3.8, 4) is 0 Å². The zero-order chi connectivity index (χ0) is 34.9. The highest BCUT2D eigenvalue weighted by atomic mass is 16.6. The molecule has 2 saturated heterocycles. The van der Waals surface area contributed by atoms with Gasteiger partial charge in [-0.3, -0.25) is 20.2 Å². The molecule has 8 N–H and O–H groups in total. The van der Waals surface area contributed by atoms with Gasteiger partial charge in [-0.1, -0.05) is 0 Å². The van der Waals surface area contributed by atoms with Crippen LogP contribution in [0.4, 0.5) is 11.4 Å². The van der Waals surface area contributed by atoms with Gasteiger partial charge < -0.3 is 50.3 Å². The largest absolute Gasteiger partial charge is 0.394 e. The minimum atomic E-state index is -1.44. The molecule has 5 unspecified atom stereocenters. The van der Waals surface area contributed by atoms with Crippen LogP contribution in [0.1, 0.15) is 11.1 Å². The summed E-state index contributed by atoms with van der Waals surface area (Å²) in [6.07, 6.45) is -10.6. The lowest BCUT2D eigenvalue weighted by Gasteiger charge is -2.40. The fourth-order valence-corrected chi connectivity index (χ4v) is 5.69. The van der Waals surface area contributed by atoms with Crippen LogP contribution < -0.4 is 0 Å². The predicted molar refractivity (Wildman–Crippen MR) is 151 cm³/mol. The highest BCUT2D eigenvalue weighted by molar-refractivity contribution is 5.86. The summed E-state index contributed by atoms with van der Waals surface area (Å²) in [4.78, 5) is 20.7. The number of rotatable bonds is 8. The lowest BCUT2D eigenvalue weighted by molar-refractivity contribution is -0.383. The Morgan fingerprint density at radius 2 is 0.938 bits per heavy atom. The SMILES string of the molecule is O=[N+]([O-])c1ccc(CC2C(O)OC(CO)[C@H](O)[C@@H]2O)c2nonc12.O=[N+]([O-])c1ccc(C[C@@H]2C(O)[C@H](O)C(CO)O[C@@H]2O)c2nonc12. The second-order valence-corrected chi connectivity index (χ2v) is 11.1. The Morgan fingerprint density at radius 3 is 1.27 bits per heavy atom. The summed E-state index contributed by atoms with van der Waals surface area (Å²) >= 11 is 0. The Kier molecular flexibility index (Phi) is 10.5.